The molecule has 5 nitrogen and oxygen atoms in total. The van der Waals surface area contributed by atoms with E-state index in [1.165, 1.54) is 24.9 Å². The lowest BCUT2D eigenvalue weighted by Gasteiger charge is -2.08. The van der Waals surface area contributed by atoms with Gasteiger partial charge in [-0.25, -0.2) is 19.9 Å². The van der Waals surface area contributed by atoms with Gasteiger partial charge in [-0.2, -0.15) is 0 Å². The Morgan fingerprint density at radius 3 is 1.89 bits per heavy atom. The fourth-order valence-corrected chi connectivity index (χ4v) is 8.77. The molecule has 0 bridgehead atoms. The molecule has 0 atom stereocenters. The van der Waals surface area contributed by atoms with Gasteiger partial charge in [0, 0.05) is 53.2 Å². The van der Waals surface area contributed by atoms with E-state index in [0.717, 1.165) is 54.7 Å². The molecule has 0 aliphatic heterocycles. The van der Waals surface area contributed by atoms with Crippen LogP contribution in [0.3, 0.4) is 0 Å². The van der Waals surface area contributed by atoms with Gasteiger partial charge in [0.25, 0.3) is 0 Å². The number of furan rings is 1. The van der Waals surface area contributed by atoms with Crippen molar-refractivity contribution in [1.29, 1.82) is 0 Å². The molecule has 0 N–H and O–H groups in total. The van der Waals surface area contributed by atoms with E-state index < -0.39 is 0 Å². The van der Waals surface area contributed by atoms with E-state index in [-0.39, 0.29) is 0 Å². The molecule has 0 fully saturated rings. The molecule has 0 saturated carbocycles. The van der Waals surface area contributed by atoms with Crippen molar-refractivity contribution in [3.8, 4) is 44.7 Å². The number of rotatable bonds is 4. The largest absolute Gasteiger partial charge is 0.456 e. The third kappa shape index (κ3) is 4.28. The Bertz CT molecular complexity index is 2740. The van der Waals surface area contributed by atoms with Crippen molar-refractivity contribution in [2.75, 3.05) is 0 Å². The predicted molar refractivity (Wildman–Crippen MR) is 195 cm³/mol. The van der Waals surface area contributed by atoms with Gasteiger partial charge in [-0.05, 0) is 30.3 Å². The highest BCUT2D eigenvalue weighted by molar-refractivity contribution is 7.28. The Balaban J connectivity index is 1.13. The maximum atomic E-state index is 6.18. The molecule has 0 aliphatic carbocycles. The third-order valence-corrected chi connectivity index (χ3v) is 10.8. The summed E-state index contributed by atoms with van der Waals surface area (Å²) in [6.45, 7) is 0. The summed E-state index contributed by atoms with van der Waals surface area (Å²) in [6, 6.07) is 45.5. The summed E-state index contributed by atoms with van der Waals surface area (Å²) < 4.78 is 9.79. The van der Waals surface area contributed by atoms with Crippen LogP contribution in [-0.4, -0.2) is 19.9 Å². The summed E-state index contributed by atoms with van der Waals surface area (Å²) in [6.07, 6.45) is 0. The van der Waals surface area contributed by atoms with E-state index in [9.17, 15) is 0 Å². The van der Waals surface area contributed by atoms with Gasteiger partial charge in [0.05, 0.1) is 10.2 Å². The fraction of sp³-hybridized carbons (Fsp3) is 0. The second-order valence-electron chi connectivity index (χ2n) is 11.4. The molecule has 220 valence electrons. The first-order valence-electron chi connectivity index (χ1n) is 15.3. The lowest BCUT2D eigenvalue weighted by molar-refractivity contribution is 0.669. The van der Waals surface area contributed by atoms with Crippen LogP contribution in [0.5, 0.6) is 0 Å². The smallest absolute Gasteiger partial charge is 0.164 e. The van der Waals surface area contributed by atoms with Crippen LogP contribution in [0.2, 0.25) is 0 Å². The minimum Gasteiger partial charge on any atom is -0.456 e. The van der Waals surface area contributed by atoms with E-state index in [2.05, 4.69) is 54.6 Å². The van der Waals surface area contributed by atoms with Crippen molar-refractivity contribution < 1.29 is 4.42 Å². The number of thiazole rings is 1. The van der Waals surface area contributed by atoms with Gasteiger partial charge in [-0.3, -0.25) is 0 Å². The van der Waals surface area contributed by atoms with E-state index in [0.29, 0.717) is 17.5 Å². The van der Waals surface area contributed by atoms with Gasteiger partial charge in [0.15, 0.2) is 17.5 Å². The van der Waals surface area contributed by atoms with E-state index in [4.69, 9.17) is 24.4 Å². The zero-order valence-electron chi connectivity index (χ0n) is 24.7. The fourth-order valence-electron chi connectivity index (χ4n) is 6.39. The van der Waals surface area contributed by atoms with Crippen LogP contribution in [0.25, 0.3) is 97.1 Å². The minimum absolute atomic E-state index is 0.655. The Labute approximate surface area is 276 Å². The molecule has 7 heteroatoms. The Kier molecular flexibility index (Phi) is 5.85. The van der Waals surface area contributed by atoms with E-state index in [1.54, 1.807) is 22.7 Å². The number of hydrogen-bond acceptors (Lipinski definition) is 7. The van der Waals surface area contributed by atoms with Gasteiger partial charge < -0.3 is 4.42 Å². The molecule has 0 saturated heterocycles. The molecule has 10 aromatic rings. The summed E-state index contributed by atoms with van der Waals surface area (Å²) >= 11 is 3.54. The van der Waals surface area contributed by atoms with E-state index in [1.807, 2.05) is 78.9 Å². The van der Waals surface area contributed by atoms with Crippen molar-refractivity contribution in [2.24, 2.45) is 0 Å². The van der Waals surface area contributed by atoms with Gasteiger partial charge in [-0.15, -0.1) is 22.7 Å². The van der Waals surface area contributed by atoms with Gasteiger partial charge in [0.1, 0.15) is 16.2 Å². The summed E-state index contributed by atoms with van der Waals surface area (Å²) in [5.41, 5.74) is 6.75. The predicted octanol–water partition coefficient (Wildman–Crippen LogP) is 11.4. The first-order valence-corrected chi connectivity index (χ1v) is 16.9. The maximum absolute atomic E-state index is 6.18. The molecule has 0 unspecified atom stereocenters. The normalized spacial score (nSPS) is 11.8. The second-order valence-corrected chi connectivity index (χ2v) is 13.5. The van der Waals surface area contributed by atoms with Crippen molar-refractivity contribution in [2.45, 2.75) is 0 Å². The molecule has 6 aromatic carbocycles. The van der Waals surface area contributed by atoms with Crippen LogP contribution >= 0.6 is 22.7 Å². The minimum atomic E-state index is 0.655. The van der Waals surface area contributed by atoms with Crippen LogP contribution in [0.1, 0.15) is 0 Å². The Morgan fingerprint density at radius 2 is 1.13 bits per heavy atom. The number of nitrogens with zero attached hydrogens (tertiary/aromatic N) is 4. The second kappa shape index (κ2) is 10.4. The highest BCUT2D eigenvalue weighted by Crippen LogP contribution is 2.45. The maximum Gasteiger partial charge on any atom is 0.164 e. The number of hydrogen-bond donors (Lipinski definition) is 0. The number of thiophene rings is 1. The van der Waals surface area contributed by atoms with Gasteiger partial charge >= 0.3 is 0 Å². The number of fused-ring (bicyclic) bond motifs is 8. The Morgan fingerprint density at radius 1 is 0.447 bits per heavy atom. The summed E-state index contributed by atoms with van der Waals surface area (Å²) in [4.78, 5) is 19.9. The quantitative estimate of drug-likeness (QED) is 0.192. The molecule has 0 spiro atoms. The van der Waals surface area contributed by atoms with Crippen LogP contribution in [0, 0.1) is 0 Å². The van der Waals surface area contributed by atoms with Crippen LogP contribution in [0.15, 0.2) is 138 Å². The standard InChI is InChI=1S/C40H22N4OS2/c1-3-10-23(11-4-1)37-42-38(24-12-5-2-6-13-24)44-39(43-37)25-18-19-27-33(22-25)46-32-21-20-29-36(35(27)32)47-40(41-29)28-15-9-17-31-34(28)26-14-7-8-16-30(26)45-31/h1-22H. The number of benzene rings is 6. The van der Waals surface area contributed by atoms with Crippen LogP contribution < -0.4 is 0 Å². The lowest BCUT2D eigenvalue weighted by Crippen LogP contribution is -1.99. The molecule has 10 rings (SSSR count). The molecule has 0 radical (unpaired) electrons. The molecule has 47 heavy (non-hydrogen) atoms. The SMILES string of the molecule is c1ccc(-c2nc(-c3ccccc3)nc(-c3ccc4c(c3)sc3ccc5nc(-c6cccc7oc8ccccc8c67)sc5c34)n2)cc1. The monoisotopic (exact) mass is 638 g/mol. The molecule has 0 amide bonds. The zero-order valence-corrected chi connectivity index (χ0v) is 26.3. The molecular formula is C40H22N4OS2. The molecule has 4 aromatic heterocycles. The van der Waals surface area contributed by atoms with Gasteiger partial charge in [-0.1, -0.05) is 103 Å². The van der Waals surface area contributed by atoms with Crippen molar-refractivity contribution in [3.05, 3.63) is 133 Å². The first-order chi connectivity index (χ1) is 23.3. The number of aromatic nitrogens is 4. The van der Waals surface area contributed by atoms with Crippen molar-refractivity contribution in [3.63, 3.8) is 0 Å². The highest BCUT2D eigenvalue weighted by Gasteiger charge is 2.19. The summed E-state index contributed by atoms with van der Waals surface area (Å²) in [7, 11) is 0. The average Bonchev–Trinajstić information content (AvgIpc) is 3.85. The van der Waals surface area contributed by atoms with Crippen LogP contribution in [0.4, 0.5) is 0 Å². The highest BCUT2D eigenvalue weighted by atomic mass is 32.1. The van der Waals surface area contributed by atoms with Crippen molar-refractivity contribution >= 4 is 75.0 Å². The van der Waals surface area contributed by atoms with E-state index >= 15 is 0 Å². The molecule has 0 aliphatic rings. The average molecular weight is 639 g/mol. The first kappa shape index (κ1) is 26.5. The summed E-state index contributed by atoms with van der Waals surface area (Å²) in [5, 5.41) is 5.67. The summed E-state index contributed by atoms with van der Waals surface area (Å²) in [5.74, 6) is 1.97. The topological polar surface area (TPSA) is 64.7 Å². The van der Waals surface area contributed by atoms with Gasteiger partial charge in [0.2, 0.25) is 0 Å². The molecular weight excluding hydrogens is 617 g/mol. The number of para-hydroxylation sites is 1. The third-order valence-electron chi connectivity index (χ3n) is 8.58. The molecule has 4 heterocycles. The van der Waals surface area contributed by atoms with Crippen molar-refractivity contribution in [1.82, 2.24) is 19.9 Å². The van der Waals surface area contributed by atoms with Crippen LogP contribution in [-0.2, 0) is 0 Å². The zero-order chi connectivity index (χ0) is 30.9. The lowest BCUT2D eigenvalue weighted by atomic mass is 10.1. The Hall–Kier alpha value is -5.76.